The lowest BCUT2D eigenvalue weighted by atomic mass is 9.86. The van der Waals surface area contributed by atoms with Gasteiger partial charge in [0.1, 0.15) is 0 Å². The second-order valence-corrected chi connectivity index (χ2v) is 7.45. The van der Waals surface area contributed by atoms with Crippen LogP contribution >= 0.6 is 0 Å². The minimum Gasteiger partial charge on any atom is -0.466 e. The Balaban J connectivity index is 1.78. The number of morpholine rings is 1. The van der Waals surface area contributed by atoms with Crippen LogP contribution in [0.25, 0.3) is 0 Å². The van der Waals surface area contributed by atoms with Crippen LogP contribution in [0.2, 0.25) is 0 Å². The van der Waals surface area contributed by atoms with E-state index in [2.05, 4.69) is 4.90 Å². The molecule has 0 aromatic carbocycles. The molecule has 0 spiro atoms. The van der Waals surface area contributed by atoms with Crippen molar-refractivity contribution in [3.05, 3.63) is 0 Å². The van der Waals surface area contributed by atoms with Crippen molar-refractivity contribution in [2.24, 2.45) is 5.92 Å². The van der Waals surface area contributed by atoms with Crippen molar-refractivity contribution in [2.75, 3.05) is 52.5 Å². The number of ether oxygens (including phenoxy) is 2. The van der Waals surface area contributed by atoms with Gasteiger partial charge >= 0.3 is 5.97 Å². The quantitative estimate of drug-likeness (QED) is 0.555. The highest BCUT2D eigenvalue weighted by Gasteiger charge is 2.22. The highest BCUT2D eigenvalue weighted by atomic mass is 16.5. The van der Waals surface area contributed by atoms with Crippen LogP contribution in [0.5, 0.6) is 0 Å². The third kappa shape index (κ3) is 8.04. The number of nitrogens with zero attached hydrogens (tertiary/aromatic N) is 2. The second kappa shape index (κ2) is 12.3. The van der Waals surface area contributed by atoms with Crippen molar-refractivity contribution in [3.63, 3.8) is 0 Å². The average Bonchev–Trinajstić information content (AvgIpc) is 2.66. The molecule has 2 aliphatic rings. The zero-order chi connectivity index (χ0) is 18.6. The number of hydrogen-bond donors (Lipinski definition) is 0. The Morgan fingerprint density at radius 1 is 1.12 bits per heavy atom. The van der Waals surface area contributed by atoms with Crippen LogP contribution in [0.1, 0.15) is 58.3 Å². The Kier molecular flexibility index (Phi) is 10.00. The van der Waals surface area contributed by atoms with Gasteiger partial charge in [-0.05, 0) is 32.1 Å². The van der Waals surface area contributed by atoms with Crippen LogP contribution in [-0.2, 0) is 19.1 Å². The SMILES string of the molecule is CCOC(=O)CCN(CCCN1CCOCC1)C(=O)CC1CCCCC1. The van der Waals surface area contributed by atoms with Crippen molar-refractivity contribution in [1.82, 2.24) is 9.80 Å². The smallest absolute Gasteiger partial charge is 0.307 e. The molecule has 0 radical (unpaired) electrons. The number of rotatable bonds is 10. The summed E-state index contributed by atoms with van der Waals surface area (Å²) in [6.45, 7) is 7.93. The van der Waals surface area contributed by atoms with Gasteiger partial charge in [0.25, 0.3) is 0 Å². The van der Waals surface area contributed by atoms with E-state index >= 15 is 0 Å². The van der Waals surface area contributed by atoms with Gasteiger partial charge in [-0.3, -0.25) is 14.5 Å². The zero-order valence-corrected chi connectivity index (χ0v) is 16.4. The van der Waals surface area contributed by atoms with E-state index in [9.17, 15) is 9.59 Å². The Labute approximate surface area is 158 Å². The number of amides is 1. The van der Waals surface area contributed by atoms with Crippen LogP contribution in [0, 0.1) is 5.92 Å². The van der Waals surface area contributed by atoms with E-state index in [0.717, 1.165) is 45.8 Å². The van der Waals surface area contributed by atoms with Crippen LogP contribution in [0.15, 0.2) is 0 Å². The minimum atomic E-state index is -0.212. The highest BCUT2D eigenvalue weighted by Crippen LogP contribution is 2.26. The van der Waals surface area contributed by atoms with E-state index in [-0.39, 0.29) is 11.9 Å². The van der Waals surface area contributed by atoms with Crippen molar-refractivity contribution in [3.8, 4) is 0 Å². The molecular weight excluding hydrogens is 332 g/mol. The summed E-state index contributed by atoms with van der Waals surface area (Å²) in [7, 11) is 0. The normalized spacial score (nSPS) is 19.3. The summed E-state index contributed by atoms with van der Waals surface area (Å²) >= 11 is 0. The predicted octanol–water partition coefficient (Wildman–Crippen LogP) is 2.46. The fourth-order valence-corrected chi connectivity index (χ4v) is 3.90. The molecule has 1 saturated carbocycles. The Morgan fingerprint density at radius 3 is 2.54 bits per heavy atom. The van der Waals surface area contributed by atoms with Gasteiger partial charge in [0.05, 0.1) is 26.2 Å². The zero-order valence-electron chi connectivity index (χ0n) is 16.4. The number of hydrogen-bond acceptors (Lipinski definition) is 5. The molecule has 0 aromatic heterocycles. The first-order valence-corrected chi connectivity index (χ1v) is 10.4. The summed E-state index contributed by atoms with van der Waals surface area (Å²) in [5.41, 5.74) is 0. The standard InChI is InChI=1S/C20H36N2O4/c1-2-26-20(24)9-12-22(11-6-10-21-13-15-25-16-14-21)19(23)17-18-7-4-3-5-8-18/h18H,2-17H2,1H3. The van der Waals surface area contributed by atoms with Gasteiger partial charge in [0.15, 0.2) is 0 Å². The maximum Gasteiger partial charge on any atom is 0.307 e. The summed E-state index contributed by atoms with van der Waals surface area (Å²) in [4.78, 5) is 28.8. The first-order valence-electron chi connectivity index (χ1n) is 10.4. The van der Waals surface area contributed by atoms with Gasteiger partial charge < -0.3 is 14.4 Å². The van der Waals surface area contributed by atoms with E-state index in [1.54, 1.807) is 0 Å². The summed E-state index contributed by atoms with van der Waals surface area (Å²) in [5.74, 6) is 0.528. The second-order valence-electron chi connectivity index (χ2n) is 7.45. The molecule has 6 nitrogen and oxygen atoms in total. The largest absolute Gasteiger partial charge is 0.466 e. The number of carbonyl (C=O) groups excluding carboxylic acids is 2. The molecule has 0 aromatic rings. The van der Waals surface area contributed by atoms with E-state index in [1.807, 2.05) is 11.8 Å². The topological polar surface area (TPSA) is 59.1 Å². The predicted molar refractivity (Wildman–Crippen MR) is 101 cm³/mol. The molecule has 1 amide bonds. The maximum atomic E-state index is 12.8. The van der Waals surface area contributed by atoms with Gasteiger partial charge in [-0.15, -0.1) is 0 Å². The molecular formula is C20H36N2O4. The van der Waals surface area contributed by atoms with Crippen LogP contribution < -0.4 is 0 Å². The average molecular weight is 369 g/mol. The third-order valence-electron chi connectivity index (χ3n) is 5.44. The molecule has 0 N–H and O–H groups in total. The van der Waals surface area contributed by atoms with E-state index < -0.39 is 0 Å². The Hall–Kier alpha value is -1.14. The molecule has 1 saturated heterocycles. The molecule has 0 bridgehead atoms. The third-order valence-corrected chi connectivity index (χ3v) is 5.44. The molecule has 2 rings (SSSR count). The molecule has 6 heteroatoms. The summed E-state index contributed by atoms with van der Waals surface area (Å²) in [6, 6.07) is 0. The van der Waals surface area contributed by atoms with Crippen molar-refractivity contribution >= 4 is 11.9 Å². The van der Waals surface area contributed by atoms with Crippen LogP contribution in [-0.4, -0.2) is 74.2 Å². The first kappa shape index (κ1) is 21.2. The fraction of sp³-hybridized carbons (Fsp3) is 0.900. The van der Waals surface area contributed by atoms with Crippen molar-refractivity contribution < 1.29 is 19.1 Å². The number of esters is 1. The first-order chi connectivity index (χ1) is 12.7. The fourth-order valence-electron chi connectivity index (χ4n) is 3.90. The Morgan fingerprint density at radius 2 is 1.85 bits per heavy atom. The van der Waals surface area contributed by atoms with E-state index in [0.29, 0.717) is 31.9 Å². The monoisotopic (exact) mass is 368 g/mol. The minimum absolute atomic E-state index is 0.211. The molecule has 1 aliphatic heterocycles. The molecule has 150 valence electrons. The van der Waals surface area contributed by atoms with E-state index in [4.69, 9.17) is 9.47 Å². The summed E-state index contributed by atoms with van der Waals surface area (Å²) in [6.07, 6.45) is 8.02. The van der Waals surface area contributed by atoms with Crippen molar-refractivity contribution in [2.45, 2.75) is 58.3 Å². The van der Waals surface area contributed by atoms with Crippen molar-refractivity contribution in [1.29, 1.82) is 0 Å². The molecule has 1 aliphatic carbocycles. The highest BCUT2D eigenvalue weighted by molar-refractivity contribution is 5.77. The van der Waals surface area contributed by atoms with Gasteiger partial charge in [-0.2, -0.15) is 0 Å². The van der Waals surface area contributed by atoms with Crippen LogP contribution in [0.3, 0.4) is 0 Å². The van der Waals surface area contributed by atoms with Crippen LogP contribution in [0.4, 0.5) is 0 Å². The molecule has 2 fully saturated rings. The van der Waals surface area contributed by atoms with E-state index in [1.165, 1.54) is 32.1 Å². The lowest BCUT2D eigenvalue weighted by Gasteiger charge is -2.29. The lowest BCUT2D eigenvalue weighted by molar-refractivity contribution is -0.144. The lowest BCUT2D eigenvalue weighted by Crippen LogP contribution is -2.40. The molecule has 1 heterocycles. The van der Waals surface area contributed by atoms with Gasteiger partial charge in [0.2, 0.25) is 5.91 Å². The summed E-state index contributed by atoms with van der Waals surface area (Å²) in [5, 5.41) is 0. The molecule has 26 heavy (non-hydrogen) atoms. The summed E-state index contributed by atoms with van der Waals surface area (Å²) < 4.78 is 10.4. The van der Waals surface area contributed by atoms with Gasteiger partial charge in [-0.1, -0.05) is 19.3 Å². The van der Waals surface area contributed by atoms with Gasteiger partial charge in [-0.25, -0.2) is 0 Å². The van der Waals surface area contributed by atoms with Gasteiger partial charge in [0, 0.05) is 39.1 Å². The maximum absolute atomic E-state index is 12.8. The molecule has 0 unspecified atom stereocenters. The number of carbonyl (C=O) groups is 2. The molecule has 0 atom stereocenters. The Bertz CT molecular complexity index is 418.